The molecule has 0 saturated carbocycles. The van der Waals surface area contributed by atoms with E-state index in [4.69, 9.17) is 19.9 Å². The number of nitrogens with two attached hydrogens (primary N) is 1. The van der Waals surface area contributed by atoms with Gasteiger partial charge in [-0.3, -0.25) is 10.1 Å². The van der Waals surface area contributed by atoms with Crippen LogP contribution in [0.25, 0.3) is 6.08 Å². The van der Waals surface area contributed by atoms with Crippen LogP contribution in [0.15, 0.2) is 65.3 Å². The number of ether oxygens (including phenoxy) is 3. The Labute approximate surface area is 175 Å². The second-order valence-electron chi connectivity index (χ2n) is 6.37. The minimum atomic E-state index is -0.241. The molecule has 2 aromatic rings. The SMILES string of the molecule is NCCOCCOCCOc1ccc(NC2=N/C(=C\c3ccccc3)C(=O)N2)cc1. The van der Waals surface area contributed by atoms with E-state index in [9.17, 15) is 4.79 Å². The van der Waals surface area contributed by atoms with Gasteiger partial charge in [-0.05, 0) is 35.9 Å². The highest BCUT2D eigenvalue weighted by molar-refractivity contribution is 6.17. The van der Waals surface area contributed by atoms with Gasteiger partial charge in [0.05, 0.1) is 26.4 Å². The van der Waals surface area contributed by atoms with Crippen molar-refractivity contribution in [3.05, 3.63) is 65.9 Å². The molecule has 30 heavy (non-hydrogen) atoms. The minimum absolute atomic E-state index is 0.241. The van der Waals surface area contributed by atoms with Crippen molar-refractivity contribution in [2.45, 2.75) is 0 Å². The van der Waals surface area contributed by atoms with Gasteiger partial charge in [0, 0.05) is 12.2 Å². The molecule has 1 heterocycles. The summed E-state index contributed by atoms with van der Waals surface area (Å²) in [6.07, 6.45) is 1.74. The molecular formula is C22H26N4O4. The van der Waals surface area contributed by atoms with Crippen LogP contribution in [0, 0.1) is 0 Å². The molecule has 1 aliphatic heterocycles. The molecule has 158 valence electrons. The summed E-state index contributed by atoms with van der Waals surface area (Å²) in [5.41, 5.74) is 7.40. The van der Waals surface area contributed by atoms with Crippen LogP contribution in [0.1, 0.15) is 5.56 Å². The largest absolute Gasteiger partial charge is 0.491 e. The molecule has 0 unspecified atom stereocenters. The van der Waals surface area contributed by atoms with Crippen molar-refractivity contribution in [3.8, 4) is 5.75 Å². The monoisotopic (exact) mass is 410 g/mol. The highest BCUT2D eigenvalue weighted by Crippen LogP contribution is 2.17. The number of rotatable bonds is 11. The van der Waals surface area contributed by atoms with Gasteiger partial charge < -0.3 is 25.3 Å². The predicted octanol–water partition coefficient (Wildman–Crippen LogP) is 2.00. The molecule has 0 aromatic heterocycles. The fraction of sp³-hybridized carbons (Fsp3) is 0.273. The Morgan fingerprint density at radius 1 is 0.933 bits per heavy atom. The number of nitrogens with zero attached hydrogens (tertiary/aromatic N) is 1. The van der Waals surface area contributed by atoms with Crippen molar-refractivity contribution < 1.29 is 19.0 Å². The minimum Gasteiger partial charge on any atom is -0.491 e. The summed E-state index contributed by atoms with van der Waals surface area (Å²) < 4.78 is 16.3. The van der Waals surface area contributed by atoms with Gasteiger partial charge in [0.25, 0.3) is 5.91 Å². The lowest BCUT2D eigenvalue weighted by molar-refractivity contribution is -0.115. The van der Waals surface area contributed by atoms with Crippen LogP contribution in [0.4, 0.5) is 5.69 Å². The van der Waals surface area contributed by atoms with Gasteiger partial charge in [0.2, 0.25) is 5.96 Å². The van der Waals surface area contributed by atoms with Crippen LogP contribution in [0.5, 0.6) is 5.75 Å². The van der Waals surface area contributed by atoms with E-state index >= 15 is 0 Å². The van der Waals surface area contributed by atoms with Gasteiger partial charge in [-0.2, -0.15) is 0 Å². The fourth-order valence-electron chi connectivity index (χ4n) is 2.63. The van der Waals surface area contributed by atoms with E-state index in [0.29, 0.717) is 51.2 Å². The number of amides is 1. The summed E-state index contributed by atoms with van der Waals surface area (Å²) in [5.74, 6) is 0.876. The van der Waals surface area contributed by atoms with Gasteiger partial charge in [-0.25, -0.2) is 4.99 Å². The number of guanidine groups is 1. The van der Waals surface area contributed by atoms with Crippen LogP contribution < -0.4 is 21.1 Å². The molecular weight excluding hydrogens is 384 g/mol. The number of carbonyl (C=O) groups excluding carboxylic acids is 1. The van der Waals surface area contributed by atoms with Crippen molar-refractivity contribution in [1.29, 1.82) is 0 Å². The molecule has 0 aliphatic carbocycles. The Balaban J connectivity index is 1.43. The predicted molar refractivity (Wildman–Crippen MR) is 116 cm³/mol. The molecule has 1 aliphatic rings. The molecule has 0 saturated heterocycles. The van der Waals surface area contributed by atoms with E-state index in [0.717, 1.165) is 17.0 Å². The van der Waals surface area contributed by atoms with E-state index < -0.39 is 0 Å². The van der Waals surface area contributed by atoms with Crippen LogP contribution in [0.2, 0.25) is 0 Å². The third-order valence-corrected chi connectivity index (χ3v) is 4.05. The summed E-state index contributed by atoms with van der Waals surface area (Å²) >= 11 is 0. The summed E-state index contributed by atoms with van der Waals surface area (Å²) in [6, 6.07) is 17.0. The van der Waals surface area contributed by atoms with Gasteiger partial charge in [-0.15, -0.1) is 0 Å². The van der Waals surface area contributed by atoms with Crippen LogP contribution in [-0.2, 0) is 14.3 Å². The summed E-state index contributed by atoms with van der Waals surface area (Å²) in [7, 11) is 0. The number of anilines is 1. The molecule has 3 rings (SSSR count). The Bertz CT molecular complexity index is 866. The highest BCUT2D eigenvalue weighted by atomic mass is 16.5. The smallest absolute Gasteiger partial charge is 0.276 e. The maximum Gasteiger partial charge on any atom is 0.276 e. The van der Waals surface area contributed by atoms with Gasteiger partial charge in [0.15, 0.2) is 0 Å². The van der Waals surface area contributed by atoms with Crippen molar-refractivity contribution >= 4 is 23.6 Å². The zero-order chi connectivity index (χ0) is 21.0. The second-order valence-corrected chi connectivity index (χ2v) is 6.37. The van der Waals surface area contributed by atoms with E-state index in [-0.39, 0.29) is 5.91 Å². The van der Waals surface area contributed by atoms with Crippen molar-refractivity contribution in [1.82, 2.24) is 5.32 Å². The molecule has 0 bridgehead atoms. The first kappa shape index (κ1) is 21.5. The molecule has 1 amide bonds. The van der Waals surface area contributed by atoms with Crippen LogP contribution in [0.3, 0.4) is 0 Å². The number of benzene rings is 2. The maximum absolute atomic E-state index is 12.1. The quantitative estimate of drug-likeness (QED) is 0.386. The molecule has 8 nitrogen and oxygen atoms in total. The Hall–Kier alpha value is -3.20. The number of carbonyl (C=O) groups is 1. The lowest BCUT2D eigenvalue weighted by atomic mass is 10.2. The summed E-state index contributed by atoms with van der Waals surface area (Å²) in [5, 5.41) is 5.81. The number of aliphatic imine (C=N–C) groups is 1. The Morgan fingerprint density at radius 3 is 2.37 bits per heavy atom. The molecule has 8 heteroatoms. The molecule has 0 radical (unpaired) electrons. The van der Waals surface area contributed by atoms with E-state index in [2.05, 4.69) is 15.6 Å². The Kier molecular flexibility index (Phi) is 8.40. The fourth-order valence-corrected chi connectivity index (χ4v) is 2.63. The lowest BCUT2D eigenvalue weighted by Gasteiger charge is -2.09. The summed E-state index contributed by atoms with van der Waals surface area (Å²) in [6.45, 7) is 3.02. The highest BCUT2D eigenvalue weighted by Gasteiger charge is 2.19. The van der Waals surface area contributed by atoms with E-state index in [1.54, 1.807) is 6.08 Å². The number of hydrogen-bond acceptors (Lipinski definition) is 7. The van der Waals surface area contributed by atoms with Gasteiger partial charge in [-0.1, -0.05) is 30.3 Å². The molecule has 0 atom stereocenters. The zero-order valence-corrected chi connectivity index (χ0v) is 16.7. The van der Waals surface area contributed by atoms with E-state index in [1.807, 2.05) is 54.6 Å². The molecule has 4 N–H and O–H groups in total. The maximum atomic E-state index is 12.1. The standard InChI is InChI=1S/C22H26N4O4/c23-10-11-28-12-13-29-14-15-30-19-8-6-18(7-9-19)24-22-25-20(21(27)26-22)16-17-4-2-1-3-5-17/h1-9,16H,10-15,23H2,(H2,24,25,26,27)/b20-16-. The number of nitrogens with one attached hydrogen (secondary N) is 2. The normalized spacial score (nSPS) is 14.5. The molecule has 2 aromatic carbocycles. The third kappa shape index (κ3) is 7.00. The molecule has 0 spiro atoms. The molecule has 0 fully saturated rings. The summed E-state index contributed by atoms with van der Waals surface area (Å²) in [4.78, 5) is 16.4. The average Bonchev–Trinajstić information content (AvgIpc) is 3.10. The first-order valence-corrected chi connectivity index (χ1v) is 9.77. The van der Waals surface area contributed by atoms with E-state index in [1.165, 1.54) is 0 Å². The topological polar surface area (TPSA) is 107 Å². The zero-order valence-electron chi connectivity index (χ0n) is 16.7. The van der Waals surface area contributed by atoms with Crippen molar-refractivity contribution in [2.75, 3.05) is 44.9 Å². The third-order valence-electron chi connectivity index (χ3n) is 4.05. The average molecular weight is 410 g/mol. The van der Waals surface area contributed by atoms with Crippen LogP contribution >= 0.6 is 0 Å². The first-order valence-electron chi connectivity index (χ1n) is 9.77. The van der Waals surface area contributed by atoms with Crippen LogP contribution in [-0.4, -0.2) is 51.4 Å². The number of hydrogen-bond donors (Lipinski definition) is 3. The van der Waals surface area contributed by atoms with Crippen molar-refractivity contribution in [2.24, 2.45) is 10.7 Å². The van der Waals surface area contributed by atoms with Gasteiger partial charge >= 0.3 is 0 Å². The first-order chi connectivity index (χ1) is 14.7. The van der Waals surface area contributed by atoms with Gasteiger partial charge in [0.1, 0.15) is 18.1 Å². The lowest BCUT2D eigenvalue weighted by Crippen LogP contribution is -2.29. The second kappa shape index (κ2) is 11.7. The van der Waals surface area contributed by atoms with Crippen molar-refractivity contribution in [3.63, 3.8) is 0 Å². The Morgan fingerprint density at radius 2 is 1.63 bits per heavy atom.